The van der Waals surface area contributed by atoms with Crippen molar-refractivity contribution in [2.75, 3.05) is 0 Å². The number of hydrogen-bond acceptors (Lipinski definition) is 2. The first-order valence-electron chi connectivity index (χ1n) is 21.7. The third kappa shape index (κ3) is 4.15. The van der Waals surface area contributed by atoms with Crippen LogP contribution in [-0.2, 0) is 22.7 Å². The molecular formula is C52H41F4N3. The van der Waals surface area contributed by atoms with Crippen molar-refractivity contribution in [2.45, 2.75) is 86.9 Å². The highest BCUT2D eigenvalue weighted by molar-refractivity contribution is 6.34. The standard InChI is InChI=1S/C52H41F4N3/c53-49-18-28-16-29(19-49)23-51(55,22-28)47-44(49)40-35(26-57-47)59-36-27-58-48-45(50(54)20-30-17-31(21-50)25-52(48,56)24-30)41(36)43-39(34-14-8-3-9-15-34)37(32-10-4-1-5-11-32)38(42(40)46(43)59)33-12-6-2-7-13-33/h1-15,26-31H,16-25H2. The van der Waals surface area contributed by atoms with Crippen LogP contribution in [0.4, 0.5) is 17.6 Å². The molecule has 4 heterocycles. The number of halogens is 4. The molecule has 0 saturated heterocycles. The summed E-state index contributed by atoms with van der Waals surface area (Å²) in [6.07, 6.45) is 7.43. The molecule has 3 nitrogen and oxygen atoms in total. The molecule has 0 amide bonds. The smallest absolute Gasteiger partial charge is 0.153 e. The Morgan fingerprint density at radius 3 is 1.14 bits per heavy atom. The first kappa shape index (κ1) is 33.5. The Bertz CT molecular complexity index is 2890. The zero-order valence-corrected chi connectivity index (χ0v) is 32.5. The second kappa shape index (κ2) is 10.9. The SMILES string of the molecule is FC12CC3CC(C1)CC(F)(C3)c1c2ncc2c1c1c(-c3ccccc3)c(-c3ccccc3)c(-c3ccccc3)c3c4c5c(ncc4n2c13)C1(F)CC2CC(C1)CC5(F)C2. The third-order valence-electron chi connectivity index (χ3n) is 16.0. The van der Waals surface area contributed by atoms with Gasteiger partial charge in [-0.1, -0.05) is 91.0 Å². The molecule has 8 aromatic rings. The molecule has 4 saturated carbocycles. The summed E-state index contributed by atoms with van der Waals surface area (Å²) in [5.41, 5.74) is 2.00. The van der Waals surface area contributed by atoms with Crippen LogP contribution in [0.3, 0.4) is 0 Å². The fourth-order valence-corrected chi connectivity index (χ4v) is 14.6. The van der Waals surface area contributed by atoms with E-state index in [1.807, 2.05) is 54.6 Å². The molecule has 8 bridgehead atoms. The molecule has 0 aliphatic heterocycles. The number of rotatable bonds is 3. The van der Waals surface area contributed by atoms with Crippen LogP contribution in [-0.4, -0.2) is 14.4 Å². The molecule has 292 valence electrons. The summed E-state index contributed by atoms with van der Waals surface area (Å²) in [4.78, 5) is 9.98. The number of alkyl halides is 4. The lowest BCUT2D eigenvalue weighted by Crippen LogP contribution is -2.38. The number of nitrogens with zero attached hydrogens (tertiary/aromatic N) is 3. The molecule has 4 unspecified atom stereocenters. The van der Waals surface area contributed by atoms with E-state index in [9.17, 15) is 0 Å². The Hall–Kier alpha value is -5.30. The van der Waals surface area contributed by atoms with Gasteiger partial charge in [0, 0.05) is 43.8 Å². The van der Waals surface area contributed by atoms with Crippen molar-refractivity contribution in [3.63, 3.8) is 0 Å². The molecule has 4 aromatic carbocycles. The van der Waals surface area contributed by atoms with Crippen LogP contribution in [0.5, 0.6) is 0 Å². The minimum atomic E-state index is -1.77. The second-order valence-corrected chi connectivity index (χ2v) is 19.6. The van der Waals surface area contributed by atoms with Crippen molar-refractivity contribution in [3.05, 3.63) is 126 Å². The lowest BCUT2D eigenvalue weighted by Gasteiger charge is -2.42. The maximum atomic E-state index is 18.5. The van der Waals surface area contributed by atoms with E-state index in [0.717, 1.165) is 62.5 Å². The molecule has 4 aromatic heterocycles. The molecular weight excluding hydrogens is 743 g/mol. The van der Waals surface area contributed by atoms with Crippen molar-refractivity contribution in [3.8, 4) is 33.4 Å². The molecule has 0 spiro atoms. The van der Waals surface area contributed by atoms with E-state index in [-0.39, 0.29) is 86.4 Å². The number of benzene rings is 4. The maximum absolute atomic E-state index is 18.5. The van der Waals surface area contributed by atoms with Crippen LogP contribution in [0.1, 0.15) is 86.7 Å². The van der Waals surface area contributed by atoms with Crippen LogP contribution in [0.25, 0.3) is 71.5 Å². The summed E-state index contributed by atoms with van der Waals surface area (Å²) in [6, 6.07) is 30.8. The van der Waals surface area contributed by atoms with Crippen molar-refractivity contribution < 1.29 is 17.6 Å². The van der Waals surface area contributed by atoms with Gasteiger partial charge < -0.3 is 4.40 Å². The number of aromatic nitrogens is 3. The van der Waals surface area contributed by atoms with Crippen molar-refractivity contribution >= 4 is 38.1 Å². The summed E-state index contributed by atoms with van der Waals surface area (Å²) in [5, 5.41) is 3.00. The highest BCUT2D eigenvalue weighted by Gasteiger charge is 2.61. The van der Waals surface area contributed by atoms with Crippen molar-refractivity contribution in [1.82, 2.24) is 14.4 Å². The summed E-state index contributed by atoms with van der Waals surface area (Å²) in [6.45, 7) is 0. The van der Waals surface area contributed by atoms with E-state index in [1.54, 1.807) is 12.4 Å². The van der Waals surface area contributed by atoms with Gasteiger partial charge in [0.05, 0.1) is 40.3 Å². The molecule has 16 rings (SSSR count). The van der Waals surface area contributed by atoms with Gasteiger partial charge in [-0.05, 0) is 110 Å². The average Bonchev–Trinajstić information content (AvgIpc) is 3.67. The highest BCUT2D eigenvalue weighted by Crippen LogP contribution is 2.67. The Labute approximate surface area is 338 Å². The van der Waals surface area contributed by atoms with Gasteiger partial charge >= 0.3 is 0 Å². The van der Waals surface area contributed by atoms with Crippen LogP contribution in [0, 0.1) is 23.7 Å². The summed E-state index contributed by atoms with van der Waals surface area (Å²) in [5.74, 6) is -0.235. The van der Waals surface area contributed by atoms with E-state index in [4.69, 9.17) is 9.97 Å². The van der Waals surface area contributed by atoms with Crippen LogP contribution >= 0.6 is 0 Å². The largest absolute Gasteiger partial charge is 0.305 e. The first-order valence-corrected chi connectivity index (χ1v) is 21.7. The van der Waals surface area contributed by atoms with Gasteiger partial charge in [-0.25, -0.2) is 17.6 Å². The maximum Gasteiger partial charge on any atom is 0.153 e. The van der Waals surface area contributed by atoms with Gasteiger partial charge in [0.15, 0.2) is 11.3 Å². The van der Waals surface area contributed by atoms with Gasteiger partial charge in [0.1, 0.15) is 11.3 Å². The second-order valence-electron chi connectivity index (χ2n) is 19.6. The predicted octanol–water partition coefficient (Wildman–Crippen LogP) is 13.7. The Morgan fingerprint density at radius 1 is 0.424 bits per heavy atom. The van der Waals surface area contributed by atoms with Gasteiger partial charge in [-0.3, -0.25) is 9.97 Å². The van der Waals surface area contributed by atoms with Gasteiger partial charge in [0.2, 0.25) is 0 Å². The molecule has 0 radical (unpaired) electrons. The molecule has 7 heteroatoms. The highest BCUT2D eigenvalue weighted by atomic mass is 19.2. The van der Waals surface area contributed by atoms with E-state index in [1.165, 1.54) is 0 Å². The topological polar surface area (TPSA) is 30.2 Å². The quantitative estimate of drug-likeness (QED) is 0.167. The zero-order valence-electron chi connectivity index (χ0n) is 32.5. The van der Waals surface area contributed by atoms with E-state index >= 15 is 17.6 Å². The number of pyridine rings is 2. The third-order valence-corrected chi connectivity index (χ3v) is 16.0. The molecule has 59 heavy (non-hydrogen) atoms. The number of hydrogen-bond donors (Lipinski definition) is 0. The fraction of sp³-hybridized carbons (Fsp3) is 0.346. The molecule has 8 aliphatic rings. The van der Waals surface area contributed by atoms with Crippen LogP contribution in [0.2, 0.25) is 0 Å². The molecule has 4 fully saturated rings. The summed E-state index contributed by atoms with van der Waals surface area (Å²) < 4.78 is 74.7. The Kier molecular flexibility index (Phi) is 6.19. The monoisotopic (exact) mass is 783 g/mol. The zero-order chi connectivity index (χ0) is 39.2. The Morgan fingerprint density at radius 2 is 0.763 bits per heavy atom. The van der Waals surface area contributed by atoms with Crippen LogP contribution in [0.15, 0.2) is 103 Å². The summed E-state index contributed by atoms with van der Waals surface area (Å²) >= 11 is 0. The van der Waals surface area contributed by atoms with E-state index in [2.05, 4.69) is 40.8 Å². The first-order chi connectivity index (χ1) is 28.6. The van der Waals surface area contributed by atoms with E-state index < -0.39 is 22.7 Å². The molecule has 0 N–H and O–H groups in total. The van der Waals surface area contributed by atoms with Crippen molar-refractivity contribution in [1.29, 1.82) is 0 Å². The lowest BCUT2D eigenvalue weighted by atomic mass is 9.65. The molecule has 8 aliphatic carbocycles. The lowest BCUT2D eigenvalue weighted by molar-refractivity contribution is -0.0315. The minimum absolute atomic E-state index is 0.0589. The predicted molar refractivity (Wildman–Crippen MR) is 224 cm³/mol. The normalized spacial score (nSPS) is 32.7. The molecule has 4 atom stereocenters. The van der Waals surface area contributed by atoms with Gasteiger partial charge in [-0.2, -0.15) is 0 Å². The number of fused-ring (bicyclic) bond motifs is 6. The van der Waals surface area contributed by atoms with Gasteiger partial charge in [0.25, 0.3) is 0 Å². The average molecular weight is 784 g/mol. The van der Waals surface area contributed by atoms with Crippen LogP contribution < -0.4 is 0 Å². The minimum Gasteiger partial charge on any atom is -0.305 e. The van der Waals surface area contributed by atoms with Crippen molar-refractivity contribution in [2.24, 2.45) is 23.7 Å². The van der Waals surface area contributed by atoms with Gasteiger partial charge in [-0.15, -0.1) is 0 Å². The van der Waals surface area contributed by atoms with E-state index in [0.29, 0.717) is 32.9 Å². The fourth-order valence-electron chi connectivity index (χ4n) is 14.6. The Balaban J connectivity index is 1.29. The summed E-state index contributed by atoms with van der Waals surface area (Å²) in [7, 11) is 0.